The summed E-state index contributed by atoms with van der Waals surface area (Å²) in [6.07, 6.45) is 2.71. The molecular formula is C15H15NO2S. The van der Waals surface area contributed by atoms with Crippen LogP contribution in [0.2, 0.25) is 0 Å². The van der Waals surface area contributed by atoms with Crippen LogP contribution in [0.1, 0.15) is 38.7 Å². The number of carbonyl (C=O) groups is 1. The predicted molar refractivity (Wildman–Crippen MR) is 76.9 cm³/mol. The maximum Gasteiger partial charge on any atom is 0.338 e. The lowest BCUT2D eigenvalue weighted by Crippen LogP contribution is -2.13. The Morgan fingerprint density at radius 1 is 1.32 bits per heavy atom. The lowest BCUT2D eigenvalue weighted by molar-refractivity contribution is 0.0697. The van der Waals surface area contributed by atoms with Crippen LogP contribution in [0.15, 0.2) is 30.3 Å². The first kappa shape index (κ1) is 12.2. The summed E-state index contributed by atoms with van der Waals surface area (Å²) in [4.78, 5) is 12.4. The van der Waals surface area contributed by atoms with Gasteiger partial charge < -0.3 is 10.8 Å². The fourth-order valence-corrected chi connectivity index (χ4v) is 4.04. The molecule has 3 rings (SSSR count). The van der Waals surface area contributed by atoms with Gasteiger partial charge in [-0.15, -0.1) is 11.3 Å². The molecule has 1 heterocycles. The molecule has 1 aromatic carbocycles. The van der Waals surface area contributed by atoms with E-state index in [1.54, 1.807) is 0 Å². The third kappa shape index (κ3) is 2.12. The first-order chi connectivity index (χ1) is 9.16. The Balaban J connectivity index is 1.94. The second-order valence-corrected chi connectivity index (χ2v) is 6.04. The molecule has 1 aromatic heterocycles. The molecule has 0 amide bonds. The van der Waals surface area contributed by atoms with Gasteiger partial charge in [-0.25, -0.2) is 4.79 Å². The van der Waals surface area contributed by atoms with E-state index in [9.17, 15) is 9.90 Å². The molecule has 0 bridgehead atoms. The SMILES string of the molecule is Nc1sc2c(c1C(=O)O)CCC(c1ccccc1)C2. The van der Waals surface area contributed by atoms with E-state index in [2.05, 4.69) is 24.3 Å². The maximum absolute atomic E-state index is 11.2. The highest BCUT2D eigenvalue weighted by molar-refractivity contribution is 7.16. The number of aromatic carboxylic acids is 1. The van der Waals surface area contributed by atoms with Crippen molar-refractivity contribution in [3.8, 4) is 0 Å². The molecule has 4 heteroatoms. The average molecular weight is 273 g/mol. The minimum absolute atomic E-state index is 0.339. The monoisotopic (exact) mass is 273 g/mol. The summed E-state index contributed by atoms with van der Waals surface area (Å²) in [6.45, 7) is 0. The third-order valence-electron chi connectivity index (χ3n) is 3.78. The number of benzene rings is 1. The Labute approximate surface area is 115 Å². The Hall–Kier alpha value is -1.81. The van der Waals surface area contributed by atoms with Crippen LogP contribution in [0.5, 0.6) is 0 Å². The summed E-state index contributed by atoms with van der Waals surface area (Å²) in [5, 5.41) is 9.67. The Morgan fingerprint density at radius 3 is 2.74 bits per heavy atom. The summed E-state index contributed by atoms with van der Waals surface area (Å²) in [5.74, 6) is -0.415. The molecule has 0 saturated carbocycles. The van der Waals surface area contributed by atoms with E-state index in [1.807, 2.05) is 6.07 Å². The van der Waals surface area contributed by atoms with E-state index in [4.69, 9.17) is 5.73 Å². The van der Waals surface area contributed by atoms with Gasteiger partial charge in [0.25, 0.3) is 0 Å². The Morgan fingerprint density at radius 2 is 2.05 bits per heavy atom. The van der Waals surface area contributed by atoms with Crippen LogP contribution in [-0.2, 0) is 12.8 Å². The second kappa shape index (κ2) is 4.70. The number of hydrogen-bond acceptors (Lipinski definition) is 3. The normalized spacial score (nSPS) is 18.0. The van der Waals surface area contributed by atoms with Gasteiger partial charge in [0.15, 0.2) is 0 Å². The van der Waals surface area contributed by atoms with Gasteiger partial charge in [0.2, 0.25) is 0 Å². The largest absolute Gasteiger partial charge is 0.478 e. The van der Waals surface area contributed by atoms with E-state index in [0.717, 1.165) is 29.7 Å². The first-order valence-electron chi connectivity index (χ1n) is 6.35. The van der Waals surface area contributed by atoms with Crippen LogP contribution in [-0.4, -0.2) is 11.1 Å². The lowest BCUT2D eigenvalue weighted by atomic mass is 9.83. The molecule has 2 aromatic rings. The van der Waals surface area contributed by atoms with Crippen LogP contribution in [0.3, 0.4) is 0 Å². The van der Waals surface area contributed by atoms with Crippen molar-refractivity contribution in [1.29, 1.82) is 0 Å². The molecule has 1 aliphatic rings. The first-order valence-corrected chi connectivity index (χ1v) is 7.16. The highest BCUT2D eigenvalue weighted by atomic mass is 32.1. The fraction of sp³-hybridized carbons (Fsp3) is 0.267. The molecular weight excluding hydrogens is 258 g/mol. The predicted octanol–water partition coefficient (Wildman–Crippen LogP) is 3.30. The Bertz CT molecular complexity index is 619. The number of hydrogen-bond donors (Lipinski definition) is 2. The molecule has 3 nitrogen and oxygen atoms in total. The van der Waals surface area contributed by atoms with Gasteiger partial charge in [-0.2, -0.15) is 0 Å². The zero-order chi connectivity index (χ0) is 13.4. The van der Waals surface area contributed by atoms with E-state index in [-0.39, 0.29) is 0 Å². The zero-order valence-electron chi connectivity index (χ0n) is 10.4. The van der Waals surface area contributed by atoms with Crippen molar-refractivity contribution in [2.45, 2.75) is 25.2 Å². The summed E-state index contributed by atoms with van der Waals surface area (Å²) in [5.41, 5.74) is 8.47. The van der Waals surface area contributed by atoms with Crippen molar-refractivity contribution >= 4 is 22.3 Å². The number of carboxylic acids is 1. The van der Waals surface area contributed by atoms with Crippen molar-refractivity contribution < 1.29 is 9.90 Å². The van der Waals surface area contributed by atoms with Crippen molar-refractivity contribution in [3.05, 3.63) is 51.9 Å². The smallest absolute Gasteiger partial charge is 0.338 e. The summed E-state index contributed by atoms with van der Waals surface area (Å²) < 4.78 is 0. The van der Waals surface area contributed by atoms with Crippen LogP contribution in [0, 0.1) is 0 Å². The molecule has 0 spiro atoms. The summed E-state index contributed by atoms with van der Waals surface area (Å²) in [7, 11) is 0. The summed E-state index contributed by atoms with van der Waals surface area (Å²) >= 11 is 1.44. The number of thiophene rings is 1. The number of nitrogens with two attached hydrogens (primary N) is 1. The van der Waals surface area contributed by atoms with E-state index in [0.29, 0.717) is 16.5 Å². The van der Waals surface area contributed by atoms with E-state index < -0.39 is 5.97 Å². The summed E-state index contributed by atoms with van der Waals surface area (Å²) in [6, 6.07) is 10.4. The molecule has 0 fully saturated rings. The van der Waals surface area contributed by atoms with Crippen molar-refractivity contribution in [1.82, 2.24) is 0 Å². The quantitative estimate of drug-likeness (QED) is 0.882. The van der Waals surface area contributed by atoms with Gasteiger partial charge in [-0.1, -0.05) is 30.3 Å². The topological polar surface area (TPSA) is 63.3 Å². The van der Waals surface area contributed by atoms with Gasteiger partial charge in [-0.3, -0.25) is 0 Å². The molecule has 98 valence electrons. The van der Waals surface area contributed by atoms with Gasteiger partial charge in [0.1, 0.15) is 5.00 Å². The van der Waals surface area contributed by atoms with E-state index >= 15 is 0 Å². The molecule has 1 unspecified atom stereocenters. The average Bonchev–Trinajstić information content (AvgIpc) is 2.74. The van der Waals surface area contributed by atoms with Crippen LogP contribution in [0.25, 0.3) is 0 Å². The molecule has 0 radical (unpaired) electrons. The number of rotatable bonds is 2. The fourth-order valence-electron chi connectivity index (χ4n) is 2.85. The standard InChI is InChI=1S/C15H15NO2S/c16-14-13(15(17)18)11-7-6-10(8-12(11)19-14)9-4-2-1-3-5-9/h1-5,10H,6-8,16H2,(H,17,18). The third-order valence-corrected chi connectivity index (χ3v) is 4.86. The highest BCUT2D eigenvalue weighted by Crippen LogP contribution is 2.41. The molecule has 19 heavy (non-hydrogen) atoms. The lowest BCUT2D eigenvalue weighted by Gasteiger charge is -2.22. The maximum atomic E-state index is 11.2. The minimum atomic E-state index is -0.895. The molecule has 0 saturated heterocycles. The molecule has 3 N–H and O–H groups in total. The van der Waals surface area contributed by atoms with Crippen LogP contribution < -0.4 is 5.73 Å². The number of carboxylic acid groups (broad SMARTS) is 1. The minimum Gasteiger partial charge on any atom is -0.478 e. The molecule has 1 atom stereocenters. The van der Waals surface area contributed by atoms with Crippen LogP contribution >= 0.6 is 11.3 Å². The highest BCUT2D eigenvalue weighted by Gasteiger charge is 2.28. The van der Waals surface area contributed by atoms with Gasteiger partial charge >= 0.3 is 5.97 Å². The zero-order valence-corrected chi connectivity index (χ0v) is 11.2. The molecule has 0 aliphatic heterocycles. The van der Waals surface area contributed by atoms with Crippen molar-refractivity contribution in [2.75, 3.05) is 5.73 Å². The second-order valence-electron chi connectivity index (χ2n) is 4.90. The number of fused-ring (bicyclic) bond motifs is 1. The molecule has 1 aliphatic carbocycles. The van der Waals surface area contributed by atoms with Gasteiger partial charge in [0.05, 0.1) is 5.56 Å². The van der Waals surface area contributed by atoms with Crippen molar-refractivity contribution in [3.63, 3.8) is 0 Å². The van der Waals surface area contributed by atoms with Gasteiger partial charge in [-0.05, 0) is 36.3 Å². The van der Waals surface area contributed by atoms with E-state index in [1.165, 1.54) is 16.9 Å². The number of anilines is 1. The van der Waals surface area contributed by atoms with Crippen molar-refractivity contribution in [2.24, 2.45) is 0 Å². The van der Waals surface area contributed by atoms with Crippen LogP contribution in [0.4, 0.5) is 5.00 Å². The number of nitrogen functional groups attached to an aromatic ring is 1. The van der Waals surface area contributed by atoms with Gasteiger partial charge in [0, 0.05) is 4.88 Å². The Kier molecular flexibility index (Phi) is 3.03.